The summed E-state index contributed by atoms with van der Waals surface area (Å²) in [5.74, 6) is 0.480. The molecule has 5 nitrogen and oxygen atoms in total. The smallest absolute Gasteiger partial charge is 0.161 e. The highest BCUT2D eigenvalue weighted by Gasteiger charge is 2.50. The molecular weight excluding hydrogens is 603 g/mol. The molecule has 0 amide bonds. The summed E-state index contributed by atoms with van der Waals surface area (Å²) in [7, 11) is 1.72. The van der Waals surface area contributed by atoms with E-state index < -0.39 is 11.1 Å². The molecule has 49 heavy (non-hydrogen) atoms. The van der Waals surface area contributed by atoms with E-state index >= 15 is 0 Å². The fourth-order valence-electron chi connectivity index (χ4n) is 7.76. The lowest BCUT2D eigenvalue weighted by molar-refractivity contribution is -0.121. The standard InChI is InChI=1S/C44H41N3O2/c1-32(48)43(29-16-30-46-43)42(38-31-45-39-25-14-13-24-37(38)39)40(28-27-33-17-12-15-26-41(33)49-2)47-44(34-18-6-3-7-19-34,35-20-8-4-9-21-35)36-22-10-5-11-23-36/h3-26,29-31,40,42,45,47H,27-28H2,1-2H3. The lowest BCUT2D eigenvalue weighted by Gasteiger charge is -2.45. The second-order valence-electron chi connectivity index (χ2n) is 12.7. The summed E-state index contributed by atoms with van der Waals surface area (Å²) >= 11 is 0. The van der Waals surface area contributed by atoms with Crippen LogP contribution < -0.4 is 10.1 Å². The molecular formula is C44H41N3O2. The van der Waals surface area contributed by atoms with Crippen molar-refractivity contribution in [2.75, 3.05) is 7.11 Å². The zero-order valence-corrected chi connectivity index (χ0v) is 27.9. The number of nitrogens with one attached hydrogen (secondary N) is 2. The number of Topliss-reactive ketones (excluding diaryl/α,β-unsaturated/α-hetero) is 1. The van der Waals surface area contributed by atoms with E-state index in [9.17, 15) is 4.79 Å². The number of ether oxygens (including phenoxy) is 1. The summed E-state index contributed by atoms with van der Waals surface area (Å²) in [6.07, 6.45) is 9.18. The first-order valence-electron chi connectivity index (χ1n) is 16.9. The molecule has 1 aliphatic rings. The van der Waals surface area contributed by atoms with Crippen LogP contribution >= 0.6 is 0 Å². The van der Waals surface area contributed by atoms with Gasteiger partial charge in [-0.25, -0.2) is 0 Å². The maximum Gasteiger partial charge on any atom is 0.161 e. The monoisotopic (exact) mass is 643 g/mol. The third-order valence-corrected chi connectivity index (χ3v) is 10.1. The average molecular weight is 644 g/mol. The van der Waals surface area contributed by atoms with Crippen LogP contribution in [-0.4, -0.2) is 35.7 Å². The van der Waals surface area contributed by atoms with Crippen molar-refractivity contribution in [1.29, 1.82) is 0 Å². The van der Waals surface area contributed by atoms with Gasteiger partial charge in [-0.1, -0.05) is 127 Å². The molecule has 6 aromatic rings. The van der Waals surface area contributed by atoms with Gasteiger partial charge in [-0.3, -0.25) is 15.1 Å². The molecule has 5 heteroatoms. The van der Waals surface area contributed by atoms with Gasteiger partial charge in [0.1, 0.15) is 11.3 Å². The van der Waals surface area contributed by atoms with Crippen molar-refractivity contribution in [2.24, 2.45) is 4.99 Å². The van der Waals surface area contributed by atoms with Gasteiger partial charge in [-0.15, -0.1) is 0 Å². The number of hydrogen-bond donors (Lipinski definition) is 2. The SMILES string of the molecule is COc1ccccc1CCC(NC(c1ccccc1)(c1ccccc1)c1ccccc1)C(c1c[nH]c2ccccc12)C1(C(C)=O)C=CC=N1. The van der Waals surface area contributed by atoms with Gasteiger partial charge in [0, 0.05) is 35.3 Å². The minimum Gasteiger partial charge on any atom is -0.496 e. The zero-order chi connectivity index (χ0) is 33.7. The normalized spacial score (nSPS) is 16.9. The number of carbonyl (C=O) groups excluding carboxylic acids is 1. The summed E-state index contributed by atoms with van der Waals surface area (Å²) in [5, 5.41) is 5.40. The number of rotatable bonds is 13. The fraction of sp³-hybridized carbons (Fsp3) is 0.182. The van der Waals surface area contributed by atoms with Gasteiger partial charge in [0.2, 0.25) is 0 Å². The number of benzene rings is 5. The maximum absolute atomic E-state index is 14.1. The van der Waals surface area contributed by atoms with E-state index in [1.54, 1.807) is 20.2 Å². The first-order valence-corrected chi connectivity index (χ1v) is 16.9. The number of allylic oxidation sites excluding steroid dienone is 1. The highest BCUT2D eigenvalue weighted by Crippen LogP contribution is 2.46. The summed E-state index contributed by atoms with van der Waals surface area (Å²) in [6, 6.07) is 48.2. The largest absolute Gasteiger partial charge is 0.496 e. The van der Waals surface area contributed by atoms with Crippen molar-refractivity contribution >= 4 is 22.9 Å². The van der Waals surface area contributed by atoms with Crippen molar-refractivity contribution in [3.63, 3.8) is 0 Å². The second-order valence-corrected chi connectivity index (χ2v) is 12.7. The molecule has 1 aliphatic heterocycles. The Hall–Kier alpha value is -5.52. The van der Waals surface area contributed by atoms with E-state index in [1.807, 2.05) is 30.4 Å². The van der Waals surface area contributed by atoms with Crippen LogP contribution in [0, 0.1) is 0 Å². The van der Waals surface area contributed by atoms with Crippen molar-refractivity contribution in [1.82, 2.24) is 10.3 Å². The number of para-hydroxylation sites is 2. The van der Waals surface area contributed by atoms with Crippen LogP contribution in [0.2, 0.25) is 0 Å². The first kappa shape index (κ1) is 32.0. The Kier molecular flexibility index (Phi) is 9.10. The van der Waals surface area contributed by atoms with E-state index in [4.69, 9.17) is 9.73 Å². The van der Waals surface area contributed by atoms with Gasteiger partial charge in [-0.2, -0.15) is 0 Å². The van der Waals surface area contributed by atoms with Gasteiger partial charge in [0.25, 0.3) is 0 Å². The Balaban J connectivity index is 1.50. The Labute approximate surface area is 288 Å². The quantitative estimate of drug-likeness (QED) is 0.124. The molecule has 3 unspecified atom stereocenters. The molecule has 0 aliphatic carbocycles. The lowest BCUT2D eigenvalue weighted by Crippen LogP contribution is -2.56. The number of hydrogen-bond acceptors (Lipinski definition) is 4. The molecule has 5 aromatic carbocycles. The van der Waals surface area contributed by atoms with Crippen molar-refractivity contribution in [3.05, 3.63) is 186 Å². The third kappa shape index (κ3) is 5.92. The Morgan fingerprint density at radius 3 is 1.94 bits per heavy atom. The number of H-pyrrole nitrogens is 1. The van der Waals surface area contributed by atoms with Crippen molar-refractivity contribution < 1.29 is 9.53 Å². The highest BCUT2D eigenvalue weighted by molar-refractivity contribution is 5.97. The molecule has 2 N–H and O–H groups in total. The highest BCUT2D eigenvalue weighted by atomic mass is 16.5. The second kappa shape index (κ2) is 13.9. The molecule has 0 spiro atoms. The molecule has 0 radical (unpaired) electrons. The lowest BCUT2D eigenvalue weighted by atomic mass is 9.69. The summed E-state index contributed by atoms with van der Waals surface area (Å²) in [5.41, 5.74) is 4.62. The van der Waals surface area contributed by atoms with E-state index in [2.05, 4.69) is 138 Å². The Bertz CT molecular complexity index is 1970. The molecule has 0 bridgehead atoms. The molecule has 0 saturated carbocycles. The fourth-order valence-corrected chi connectivity index (χ4v) is 7.76. The van der Waals surface area contributed by atoms with E-state index in [0.717, 1.165) is 50.9 Å². The van der Waals surface area contributed by atoms with E-state index in [1.165, 1.54) is 0 Å². The van der Waals surface area contributed by atoms with Crippen LogP contribution in [0.25, 0.3) is 10.9 Å². The molecule has 3 atom stereocenters. The number of aromatic nitrogens is 1. The summed E-state index contributed by atoms with van der Waals surface area (Å²) < 4.78 is 5.82. The topological polar surface area (TPSA) is 66.5 Å². The number of ketones is 1. The van der Waals surface area contributed by atoms with Gasteiger partial charge in [0.05, 0.1) is 12.6 Å². The number of fused-ring (bicyclic) bond motifs is 1. The number of methoxy groups -OCH3 is 1. The number of carbonyl (C=O) groups is 1. The number of nitrogens with zero attached hydrogens (tertiary/aromatic N) is 1. The predicted octanol–water partition coefficient (Wildman–Crippen LogP) is 8.81. The van der Waals surface area contributed by atoms with Crippen molar-refractivity contribution in [2.45, 2.75) is 42.8 Å². The van der Waals surface area contributed by atoms with Gasteiger partial charge < -0.3 is 9.72 Å². The van der Waals surface area contributed by atoms with E-state index in [0.29, 0.717) is 6.42 Å². The van der Waals surface area contributed by atoms with Crippen LogP contribution in [-0.2, 0) is 16.8 Å². The van der Waals surface area contributed by atoms with Crippen LogP contribution in [0.4, 0.5) is 0 Å². The molecule has 0 saturated heterocycles. The van der Waals surface area contributed by atoms with Gasteiger partial charge in [-0.05, 0) is 71.9 Å². The summed E-state index contributed by atoms with van der Waals surface area (Å²) in [6.45, 7) is 1.67. The van der Waals surface area contributed by atoms with Gasteiger partial charge in [0.15, 0.2) is 5.78 Å². The van der Waals surface area contributed by atoms with E-state index in [-0.39, 0.29) is 17.7 Å². The molecule has 2 heterocycles. The van der Waals surface area contributed by atoms with Crippen LogP contribution in [0.5, 0.6) is 5.75 Å². The van der Waals surface area contributed by atoms with Crippen LogP contribution in [0.1, 0.15) is 47.1 Å². The minimum atomic E-state index is -1.11. The minimum absolute atomic E-state index is 0.00149. The molecule has 0 fully saturated rings. The number of aromatic amines is 1. The molecule has 244 valence electrons. The first-order chi connectivity index (χ1) is 24.1. The predicted molar refractivity (Wildman–Crippen MR) is 200 cm³/mol. The third-order valence-electron chi connectivity index (χ3n) is 10.1. The Morgan fingerprint density at radius 2 is 1.37 bits per heavy atom. The zero-order valence-electron chi connectivity index (χ0n) is 27.9. The number of aryl methyl sites for hydroxylation is 1. The average Bonchev–Trinajstić information content (AvgIpc) is 3.83. The Morgan fingerprint density at radius 1 is 0.796 bits per heavy atom. The van der Waals surface area contributed by atoms with Gasteiger partial charge >= 0.3 is 0 Å². The number of aliphatic imine (C=N–C) groups is 1. The van der Waals surface area contributed by atoms with Crippen molar-refractivity contribution in [3.8, 4) is 5.75 Å². The summed E-state index contributed by atoms with van der Waals surface area (Å²) in [4.78, 5) is 22.6. The maximum atomic E-state index is 14.1. The molecule has 7 rings (SSSR count). The van der Waals surface area contributed by atoms with Crippen LogP contribution in [0.15, 0.2) is 163 Å². The molecule has 1 aromatic heterocycles. The van der Waals surface area contributed by atoms with Crippen LogP contribution in [0.3, 0.4) is 0 Å².